The van der Waals surface area contributed by atoms with Crippen LogP contribution in [0.5, 0.6) is 17.2 Å². The summed E-state index contributed by atoms with van der Waals surface area (Å²) in [6.45, 7) is 0.216. The van der Waals surface area contributed by atoms with Crippen molar-refractivity contribution in [2.24, 2.45) is 0 Å². The summed E-state index contributed by atoms with van der Waals surface area (Å²) in [4.78, 5) is 16.3. The van der Waals surface area contributed by atoms with Crippen molar-refractivity contribution in [2.45, 2.75) is 18.3 Å². The number of fused-ring (bicyclic) bond motifs is 2. The molecule has 2 aliphatic rings. The molecule has 2 aromatic carbocycles. The van der Waals surface area contributed by atoms with E-state index >= 15 is 0 Å². The van der Waals surface area contributed by atoms with Gasteiger partial charge in [-0.1, -0.05) is 0 Å². The number of nitrogens with one attached hydrogen (secondary N) is 2. The van der Waals surface area contributed by atoms with Gasteiger partial charge >= 0.3 is 0 Å². The van der Waals surface area contributed by atoms with Gasteiger partial charge in [0.1, 0.15) is 5.75 Å². The van der Waals surface area contributed by atoms with Gasteiger partial charge in [-0.15, -0.1) is 0 Å². The molecule has 1 fully saturated rings. The fourth-order valence-electron chi connectivity index (χ4n) is 3.59. The first-order valence-electron chi connectivity index (χ1n) is 8.56. The van der Waals surface area contributed by atoms with E-state index in [0.717, 1.165) is 35.1 Å². The zero-order valence-corrected chi connectivity index (χ0v) is 14.3. The molecule has 0 saturated heterocycles. The Hall–Kier alpha value is -3.15. The number of ether oxygens (including phenoxy) is 3. The number of benzene rings is 2. The highest BCUT2D eigenvalue weighted by Crippen LogP contribution is 2.51. The lowest BCUT2D eigenvalue weighted by molar-refractivity contribution is -0.118. The molecule has 1 aliphatic carbocycles. The van der Waals surface area contributed by atoms with E-state index in [0.29, 0.717) is 17.2 Å². The van der Waals surface area contributed by atoms with Gasteiger partial charge in [-0.05, 0) is 48.7 Å². The maximum absolute atomic E-state index is 13.1. The van der Waals surface area contributed by atoms with Gasteiger partial charge in [-0.2, -0.15) is 0 Å². The number of methoxy groups -OCH3 is 1. The third-order valence-electron chi connectivity index (χ3n) is 5.22. The van der Waals surface area contributed by atoms with Gasteiger partial charge < -0.3 is 24.5 Å². The maximum Gasteiger partial charge on any atom is 0.235 e. The van der Waals surface area contributed by atoms with E-state index in [-0.39, 0.29) is 12.7 Å². The second-order valence-electron chi connectivity index (χ2n) is 6.72. The summed E-state index contributed by atoms with van der Waals surface area (Å²) in [5.41, 5.74) is 2.23. The van der Waals surface area contributed by atoms with Crippen LogP contribution in [0.4, 0.5) is 5.69 Å². The number of anilines is 1. The summed E-state index contributed by atoms with van der Waals surface area (Å²) >= 11 is 0. The number of aromatic amines is 1. The highest BCUT2D eigenvalue weighted by Gasteiger charge is 2.52. The first-order valence-corrected chi connectivity index (χ1v) is 8.56. The summed E-state index contributed by atoms with van der Waals surface area (Å²) < 4.78 is 16.0. The molecule has 1 amide bonds. The van der Waals surface area contributed by atoms with Crippen molar-refractivity contribution in [2.75, 3.05) is 19.2 Å². The number of hydrogen-bond donors (Lipinski definition) is 2. The lowest BCUT2D eigenvalue weighted by Gasteiger charge is -2.15. The molecule has 0 radical (unpaired) electrons. The number of carbonyl (C=O) groups excluding carboxylic acids is 1. The van der Waals surface area contributed by atoms with Crippen LogP contribution >= 0.6 is 0 Å². The molecule has 1 aliphatic heterocycles. The number of amides is 1. The van der Waals surface area contributed by atoms with Gasteiger partial charge in [0.25, 0.3) is 0 Å². The van der Waals surface area contributed by atoms with Crippen molar-refractivity contribution >= 4 is 22.5 Å². The van der Waals surface area contributed by atoms with Crippen LogP contribution < -0.4 is 19.5 Å². The molecule has 1 saturated carbocycles. The minimum atomic E-state index is -0.499. The van der Waals surface area contributed by atoms with Crippen LogP contribution in [0.15, 0.2) is 42.6 Å². The Morgan fingerprint density at radius 3 is 2.81 bits per heavy atom. The summed E-state index contributed by atoms with van der Waals surface area (Å²) in [6, 6.07) is 11.3. The van der Waals surface area contributed by atoms with Crippen LogP contribution in [0.25, 0.3) is 10.9 Å². The largest absolute Gasteiger partial charge is 0.497 e. The molecule has 6 heteroatoms. The first-order chi connectivity index (χ1) is 12.7. The van der Waals surface area contributed by atoms with Gasteiger partial charge in [0, 0.05) is 28.9 Å². The average molecular weight is 350 g/mol. The van der Waals surface area contributed by atoms with Crippen molar-refractivity contribution < 1.29 is 19.0 Å². The highest BCUT2D eigenvalue weighted by atomic mass is 16.7. The zero-order valence-electron chi connectivity index (χ0n) is 14.3. The van der Waals surface area contributed by atoms with Gasteiger partial charge in [0.2, 0.25) is 12.7 Å². The molecular weight excluding hydrogens is 332 g/mol. The summed E-state index contributed by atoms with van der Waals surface area (Å²) in [7, 11) is 1.65. The number of H-pyrrole nitrogens is 1. The topological polar surface area (TPSA) is 72.6 Å². The van der Waals surface area contributed by atoms with Crippen molar-refractivity contribution in [1.82, 2.24) is 4.98 Å². The minimum absolute atomic E-state index is 0.0000789. The van der Waals surface area contributed by atoms with Crippen molar-refractivity contribution in [3.8, 4) is 17.2 Å². The summed E-state index contributed by atoms with van der Waals surface area (Å²) in [5, 5.41) is 4.07. The van der Waals surface area contributed by atoms with E-state index in [2.05, 4.69) is 10.3 Å². The van der Waals surface area contributed by atoms with Crippen LogP contribution in [0.2, 0.25) is 0 Å². The molecule has 6 nitrogen and oxygen atoms in total. The smallest absolute Gasteiger partial charge is 0.235 e. The van der Waals surface area contributed by atoms with Gasteiger partial charge in [-0.25, -0.2) is 0 Å². The van der Waals surface area contributed by atoms with Crippen molar-refractivity contribution in [3.05, 3.63) is 48.2 Å². The quantitative estimate of drug-likeness (QED) is 0.754. The van der Waals surface area contributed by atoms with Gasteiger partial charge in [-0.3, -0.25) is 4.79 Å². The van der Waals surface area contributed by atoms with Gasteiger partial charge in [0.05, 0.1) is 12.5 Å². The second kappa shape index (κ2) is 5.42. The molecular formula is C20H18N2O4. The molecule has 0 spiro atoms. The van der Waals surface area contributed by atoms with E-state index in [1.807, 2.05) is 36.5 Å². The lowest BCUT2D eigenvalue weighted by atomic mass is 9.94. The Morgan fingerprint density at radius 1 is 1.15 bits per heavy atom. The highest BCUT2D eigenvalue weighted by molar-refractivity contribution is 6.04. The van der Waals surface area contributed by atoms with Crippen LogP contribution in [-0.2, 0) is 10.2 Å². The van der Waals surface area contributed by atoms with E-state index < -0.39 is 5.41 Å². The number of rotatable bonds is 4. The SMILES string of the molecule is COc1ccc2[nH]cc(C3(C(=O)Nc4ccc5c(c4)OCO5)CC3)c2c1. The van der Waals surface area contributed by atoms with Crippen LogP contribution in [-0.4, -0.2) is 24.8 Å². The Morgan fingerprint density at radius 2 is 2.00 bits per heavy atom. The van der Waals surface area contributed by atoms with Crippen LogP contribution in [0, 0.1) is 0 Å². The third kappa shape index (κ3) is 2.22. The van der Waals surface area contributed by atoms with E-state index in [9.17, 15) is 4.79 Å². The molecule has 1 aromatic heterocycles. The molecule has 2 N–H and O–H groups in total. The first kappa shape index (κ1) is 15.1. The monoisotopic (exact) mass is 350 g/mol. The number of carbonyl (C=O) groups is 1. The van der Waals surface area contributed by atoms with Gasteiger partial charge in [0.15, 0.2) is 11.5 Å². The standard InChI is InChI=1S/C20H18N2O4/c1-24-13-3-4-16-14(9-13)15(10-21-16)20(6-7-20)19(23)22-12-2-5-17-18(8-12)26-11-25-17/h2-5,8-10,21H,6-7,11H2,1H3,(H,22,23). The van der Waals surface area contributed by atoms with Crippen LogP contribution in [0.1, 0.15) is 18.4 Å². The Bertz CT molecular complexity index is 1020. The fraction of sp³-hybridized carbons (Fsp3) is 0.250. The van der Waals surface area contributed by atoms with Crippen molar-refractivity contribution in [1.29, 1.82) is 0 Å². The lowest BCUT2D eigenvalue weighted by Crippen LogP contribution is -2.27. The molecule has 132 valence electrons. The normalized spacial score (nSPS) is 16.5. The van der Waals surface area contributed by atoms with Crippen molar-refractivity contribution in [3.63, 3.8) is 0 Å². The fourth-order valence-corrected chi connectivity index (χ4v) is 3.59. The summed E-state index contributed by atoms with van der Waals surface area (Å²) in [6.07, 6.45) is 3.59. The molecule has 0 bridgehead atoms. The third-order valence-corrected chi connectivity index (χ3v) is 5.22. The average Bonchev–Trinajstić information content (AvgIpc) is 3.14. The molecule has 5 rings (SSSR count). The number of aromatic nitrogens is 1. The molecule has 2 heterocycles. The zero-order chi connectivity index (χ0) is 17.7. The second-order valence-corrected chi connectivity index (χ2v) is 6.72. The van der Waals surface area contributed by atoms with E-state index in [4.69, 9.17) is 14.2 Å². The maximum atomic E-state index is 13.1. The Balaban J connectivity index is 1.47. The summed E-state index contributed by atoms with van der Waals surface area (Å²) in [5.74, 6) is 2.14. The Labute approximate surface area is 150 Å². The van der Waals surface area contributed by atoms with Crippen LogP contribution in [0.3, 0.4) is 0 Å². The molecule has 3 aromatic rings. The molecule has 26 heavy (non-hydrogen) atoms. The number of hydrogen-bond acceptors (Lipinski definition) is 4. The minimum Gasteiger partial charge on any atom is -0.497 e. The van der Waals surface area contributed by atoms with E-state index in [1.165, 1.54) is 0 Å². The Kier molecular flexibility index (Phi) is 3.16. The van der Waals surface area contributed by atoms with E-state index in [1.54, 1.807) is 13.2 Å². The predicted octanol–water partition coefficient (Wildman–Crippen LogP) is 3.58. The molecule has 0 atom stereocenters. The molecule has 0 unspecified atom stereocenters. The predicted molar refractivity (Wildman–Crippen MR) is 97.0 cm³/mol.